The van der Waals surface area contributed by atoms with Crippen LogP contribution in [0.4, 0.5) is 5.69 Å². The molecule has 2 aliphatic heterocycles. The van der Waals surface area contributed by atoms with Gasteiger partial charge in [-0.1, -0.05) is 28.9 Å². The SMILES string of the molecule is CCCNC1CC2CCC(C1)N2c1cccc(Br)c1C. The lowest BCUT2D eigenvalue weighted by atomic mass is 9.95. The normalized spacial score (nSPS) is 28.9. The lowest BCUT2D eigenvalue weighted by Crippen LogP contribution is -2.49. The van der Waals surface area contributed by atoms with Crippen molar-refractivity contribution in [1.29, 1.82) is 0 Å². The molecule has 0 radical (unpaired) electrons. The number of rotatable bonds is 4. The first-order valence-electron chi connectivity index (χ1n) is 7.97. The lowest BCUT2D eigenvalue weighted by molar-refractivity contribution is 0.356. The molecule has 2 atom stereocenters. The Labute approximate surface area is 131 Å². The van der Waals surface area contributed by atoms with Crippen molar-refractivity contribution in [2.45, 2.75) is 64.1 Å². The standard InChI is InChI=1S/C17H25BrN2/c1-3-9-19-13-10-14-7-8-15(11-13)20(14)17-6-4-5-16(18)12(17)2/h4-6,13-15,19H,3,7-11H2,1-2H3. The zero-order chi connectivity index (χ0) is 14.1. The van der Waals surface area contributed by atoms with Gasteiger partial charge >= 0.3 is 0 Å². The average molecular weight is 337 g/mol. The third-order valence-electron chi connectivity index (χ3n) is 4.93. The predicted octanol–water partition coefficient (Wildman–Crippen LogP) is 4.26. The molecular formula is C17H25BrN2. The van der Waals surface area contributed by atoms with E-state index >= 15 is 0 Å². The summed E-state index contributed by atoms with van der Waals surface area (Å²) in [5, 5.41) is 3.73. The molecule has 0 spiro atoms. The van der Waals surface area contributed by atoms with Crippen LogP contribution in [0.3, 0.4) is 0 Å². The van der Waals surface area contributed by atoms with Crippen molar-refractivity contribution in [1.82, 2.24) is 5.32 Å². The first-order chi connectivity index (χ1) is 9.70. The summed E-state index contributed by atoms with van der Waals surface area (Å²) < 4.78 is 1.24. The monoisotopic (exact) mass is 336 g/mol. The second-order valence-corrected chi connectivity index (χ2v) is 7.15. The fourth-order valence-corrected chi connectivity index (χ4v) is 4.32. The van der Waals surface area contributed by atoms with Crippen LogP contribution in [0.15, 0.2) is 22.7 Å². The molecule has 3 heteroatoms. The lowest BCUT2D eigenvalue weighted by Gasteiger charge is -2.41. The molecular weight excluding hydrogens is 312 g/mol. The number of halogens is 1. The first-order valence-corrected chi connectivity index (χ1v) is 8.76. The van der Waals surface area contributed by atoms with E-state index in [-0.39, 0.29) is 0 Å². The van der Waals surface area contributed by atoms with Gasteiger partial charge in [-0.3, -0.25) is 0 Å². The minimum Gasteiger partial charge on any atom is -0.365 e. The summed E-state index contributed by atoms with van der Waals surface area (Å²) in [4.78, 5) is 2.71. The Bertz CT molecular complexity index is 460. The van der Waals surface area contributed by atoms with Crippen LogP contribution in [0.2, 0.25) is 0 Å². The molecule has 2 saturated heterocycles. The van der Waals surface area contributed by atoms with E-state index in [1.807, 2.05) is 0 Å². The summed E-state index contributed by atoms with van der Waals surface area (Å²) in [5.74, 6) is 0. The molecule has 0 saturated carbocycles. The van der Waals surface area contributed by atoms with Crippen LogP contribution in [0.1, 0.15) is 44.6 Å². The van der Waals surface area contributed by atoms with Gasteiger partial charge in [0, 0.05) is 28.3 Å². The van der Waals surface area contributed by atoms with Gasteiger partial charge in [0.05, 0.1) is 0 Å². The average Bonchev–Trinajstić information content (AvgIpc) is 2.70. The van der Waals surface area contributed by atoms with Gasteiger partial charge in [-0.25, -0.2) is 0 Å². The summed E-state index contributed by atoms with van der Waals surface area (Å²) in [7, 11) is 0. The molecule has 1 aromatic carbocycles. The van der Waals surface area contributed by atoms with E-state index in [1.54, 1.807) is 0 Å². The molecule has 2 aliphatic rings. The van der Waals surface area contributed by atoms with E-state index in [0.717, 1.165) is 18.1 Å². The van der Waals surface area contributed by atoms with Crippen LogP contribution in [0.5, 0.6) is 0 Å². The number of fused-ring (bicyclic) bond motifs is 2. The number of nitrogens with zero attached hydrogens (tertiary/aromatic N) is 1. The molecule has 2 fully saturated rings. The van der Waals surface area contributed by atoms with Crippen molar-refractivity contribution in [2.75, 3.05) is 11.4 Å². The summed E-state index contributed by atoms with van der Waals surface area (Å²) in [5.41, 5.74) is 2.84. The molecule has 1 N–H and O–H groups in total. The molecule has 0 amide bonds. The Morgan fingerprint density at radius 3 is 2.60 bits per heavy atom. The topological polar surface area (TPSA) is 15.3 Å². The van der Waals surface area contributed by atoms with E-state index in [1.165, 1.54) is 54.4 Å². The maximum Gasteiger partial charge on any atom is 0.0412 e. The van der Waals surface area contributed by atoms with Crippen molar-refractivity contribution in [3.63, 3.8) is 0 Å². The number of hydrogen-bond donors (Lipinski definition) is 1. The molecule has 0 aromatic heterocycles. The van der Waals surface area contributed by atoms with Crippen LogP contribution in [0, 0.1) is 6.92 Å². The highest BCUT2D eigenvalue weighted by molar-refractivity contribution is 9.10. The quantitative estimate of drug-likeness (QED) is 0.883. The first kappa shape index (κ1) is 14.4. The van der Waals surface area contributed by atoms with Crippen molar-refractivity contribution >= 4 is 21.6 Å². The van der Waals surface area contributed by atoms with Crippen LogP contribution < -0.4 is 10.2 Å². The molecule has 2 nitrogen and oxygen atoms in total. The number of hydrogen-bond acceptors (Lipinski definition) is 2. The van der Waals surface area contributed by atoms with Crippen LogP contribution in [-0.2, 0) is 0 Å². The van der Waals surface area contributed by atoms with Gasteiger partial charge in [-0.2, -0.15) is 0 Å². The highest BCUT2D eigenvalue weighted by Crippen LogP contribution is 2.41. The number of nitrogens with one attached hydrogen (secondary N) is 1. The smallest absolute Gasteiger partial charge is 0.0412 e. The number of anilines is 1. The van der Waals surface area contributed by atoms with Gasteiger partial charge in [0.25, 0.3) is 0 Å². The molecule has 2 bridgehead atoms. The van der Waals surface area contributed by atoms with Crippen LogP contribution >= 0.6 is 15.9 Å². The number of piperidine rings is 1. The maximum absolute atomic E-state index is 3.73. The van der Waals surface area contributed by atoms with Crippen molar-refractivity contribution in [2.24, 2.45) is 0 Å². The van der Waals surface area contributed by atoms with Gasteiger partial charge in [0.1, 0.15) is 0 Å². The molecule has 1 aromatic rings. The summed E-state index contributed by atoms with van der Waals surface area (Å²) in [6.07, 6.45) is 6.58. The fraction of sp³-hybridized carbons (Fsp3) is 0.647. The summed E-state index contributed by atoms with van der Waals surface area (Å²) in [6, 6.07) is 8.82. The third kappa shape index (κ3) is 2.62. The van der Waals surface area contributed by atoms with Crippen molar-refractivity contribution < 1.29 is 0 Å². The Kier molecular flexibility index (Phi) is 4.37. The van der Waals surface area contributed by atoms with Gasteiger partial charge in [0.15, 0.2) is 0 Å². The maximum atomic E-state index is 3.73. The third-order valence-corrected chi connectivity index (χ3v) is 5.79. The van der Waals surface area contributed by atoms with Gasteiger partial charge in [-0.05, 0) is 63.3 Å². The number of benzene rings is 1. The molecule has 3 rings (SSSR count). The molecule has 2 heterocycles. The largest absolute Gasteiger partial charge is 0.365 e. The van der Waals surface area contributed by atoms with E-state index in [4.69, 9.17) is 0 Å². The Morgan fingerprint density at radius 2 is 1.95 bits per heavy atom. The van der Waals surface area contributed by atoms with Crippen molar-refractivity contribution in [3.8, 4) is 0 Å². The highest BCUT2D eigenvalue weighted by atomic mass is 79.9. The minimum atomic E-state index is 0.733. The van der Waals surface area contributed by atoms with E-state index in [0.29, 0.717) is 0 Å². The van der Waals surface area contributed by atoms with E-state index in [2.05, 4.69) is 58.2 Å². The molecule has 20 heavy (non-hydrogen) atoms. The van der Waals surface area contributed by atoms with Gasteiger partial charge in [-0.15, -0.1) is 0 Å². The second-order valence-electron chi connectivity index (χ2n) is 6.30. The summed E-state index contributed by atoms with van der Waals surface area (Å²) >= 11 is 3.68. The Morgan fingerprint density at radius 1 is 1.25 bits per heavy atom. The Balaban J connectivity index is 1.78. The van der Waals surface area contributed by atoms with Gasteiger partial charge in [0.2, 0.25) is 0 Å². The minimum absolute atomic E-state index is 0.733. The highest BCUT2D eigenvalue weighted by Gasteiger charge is 2.40. The predicted molar refractivity (Wildman–Crippen MR) is 89.5 cm³/mol. The van der Waals surface area contributed by atoms with Gasteiger partial charge < -0.3 is 10.2 Å². The fourth-order valence-electron chi connectivity index (χ4n) is 3.96. The van der Waals surface area contributed by atoms with Crippen LogP contribution in [0.25, 0.3) is 0 Å². The molecule has 2 unspecified atom stereocenters. The second kappa shape index (κ2) is 6.07. The molecule has 0 aliphatic carbocycles. The van der Waals surface area contributed by atoms with Crippen LogP contribution in [-0.4, -0.2) is 24.7 Å². The van der Waals surface area contributed by atoms with E-state index < -0.39 is 0 Å². The molecule has 110 valence electrons. The zero-order valence-corrected chi connectivity index (χ0v) is 14.1. The summed E-state index contributed by atoms with van der Waals surface area (Å²) in [6.45, 7) is 5.65. The van der Waals surface area contributed by atoms with E-state index in [9.17, 15) is 0 Å². The zero-order valence-electron chi connectivity index (χ0n) is 12.5. The van der Waals surface area contributed by atoms with Crippen molar-refractivity contribution in [3.05, 3.63) is 28.2 Å². The Hall–Kier alpha value is -0.540.